The molecule has 0 aromatic heterocycles. The average molecular weight is 192 g/mol. The molecule has 0 atom stereocenters. The predicted molar refractivity (Wildman–Crippen MR) is 60.7 cm³/mol. The smallest absolute Gasteiger partial charge is 0.126 e. The molecule has 14 heavy (non-hydrogen) atoms. The number of aryl methyl sites for hydroxylation is 1. The Morgan fingerprint density at radius 3 is 2.21 bits per heavy atom. The lowest BCUT2D eigenvalue weighted by molar-refractivity contribution is 0.243. The Labute approximate surface area is 87.1 Å². The molecule has 78 valence electrons. The fourth-order valence-corrected chi connectivity index (χ4v) is 1.34. The standard InChI is InChI=1S/C8H8O.C5H12/c1-6-2-3-7-5-9-8(7)4-6;1-3-5-4-2/h2-4H,5H2,1H3;3-5H2,1-2H3. The largest absolute Gasteiger partial charge is 0.488 e. The molecule has 0 saturated heterocycles. The number of rotatable bonds is 2. The Morgan fingerprint density at radius 2 is 1.93 bits per heavy atom. The first-order valence-electron chi connectivity index (χ1n) is 5.50. The molecule has 1 aliphatic rings. The van der Waals surface area contributed by atoms with Gasteiger partial charge >= 0.3 is 0 Å². The summed E-state index contributed by atoms with van der Waals surface area (Å²) in [5, 5.41) is 0. The Kier molecular flexibility index (Phi) is 4.51. The van der Waals surface area contributed by atoms with E-state index >= 15 is 0 Å². The molecule has 1 heterocycles. The van der Waals surface area contributed by atoms with Crippen molar-refractivity contribution < 1.29 is 4.74 Å². The van der Waals surface area contributed by atoms with Crippen LogP contribution in [0.3, 0.4) is 0 Å². The summed E-state index contributed by atoms with van der Waals surface area (Å²) in [6, 6.07) is 6.30. The zero-order valence-electron chi connectivity index (χ0n) is 9.47. The van der Waals surface area contributed by atoms with Crippen LogP contribution in [0.4, 0.5) is 0 Å². The van der Waals surface area contributed by atoms with Crippen LogP contribution in [-0.4, -0.2) is 0 Å². The summed E-state index contributed by atoms with van der Waals surface area (Å²) in [6.07, 6.45) is 4.08. The number of ether oxygens (including phenoxy) is 1. The molecule has 1 nitrogen and oxygen atoms in total. The van der Waals surface area contributed by atoms with Crippen LogP contribution < -0.4 is 4.74 Å². The first-order valence-corrected chi connectivity index (χ1v) is 5.50. The van der Waals surface area contributed by atoms with Crippen LogP contribution in [0.1, 0.15) is 44.2 Å². The quantitative estimate of drug-likeness (QED) is 0.686. The van der Waals surface area contributed by atoms with Gasteiger partial charge in [-0.3, -0.25) is 0 Å². The third-order valence-electron chi connectivity index (χ3n) is 2.31. The van der Waals surface area contributed by atoms with E-state index in [4.69, 9.17) is 4.74 Å². The van der Waals surface area contributed by atoms with Gasteiger partial charge in [0.05, 0.1) is 0 Å². The molecule has 0 aliphatic carbocycles. The molecule has 1 aromatic carbocycles. The van der Waals surface area contributed by atoms with Crippen molar-refractivity contribution in [2.45, 2.75) is 46.6 Å². The Morgan fingerprint density at radius 1 is 1.21 bits per heavy atom. The van der Waals surface area contributed by atoms with E-state index in [-0.39, 0.29) is 0 Å². The van der Waals surface area contributed by atoms with Gasteiger partial charge < -0.3 is 4.74 Å². The summed E-state index contributed by atoms with van der Waals surface area (Å²) in [4.78, 5) is 0. The third kappa shape index (κ3) is 3.06. The van der Waals surface area contributed by atoms with E-state index in [0.717, 1.165) is 12.4 Å². The Hall–Kier alpha value is -0.980. The second-order valence-electron chi connectivity index (χ2n) is 3.75. The van der Waals surface area contributed by atoms with Crippen molar-refractivity contribution in [1.29, 1.82) is 0 Å². The number of benzene rings is 1. The lowest BCUT2D eigenvalue weighted by Crippen LogP contribution is -2.08. The summed E-state index contributed by atoms with van der Waals surface area (Å²) in [6.45, 7) is 7.30. The molecular weight excluding hydrogens is 172 g/mol. The van der Waals surface area contributed by atoms with E-state index in [1.54, 1.807) is 0 Å². The van der Waals surface area contributed by atoms with Crippen LogP contribution in [0.15, 0.2) is 18.2 Å². The van der Waals surface area contributed by atoms with Gasteiger partial charge in [-0.25, -0.2) is 0 Å². The van der Waals surface area contributed by atoms with Gasteiger partial charge in [-0.05, 0) is 18.6 Å². The topological polar surface area (TPSA) is 9.23 Å². The molecule has 0 spiro atoms. The van der Waals surface area contributed by atoms with Crippen LogP contribution in [0.25, 0.3) is 0 Å². The molecule has 0 fully saturated rings. The summed E-state index contributed by atoms with van der Waals surface area (Å²) in [5.41, 5.74) is 2.61. The van der Waals surface area contributed by atoms with Gasteiger partial charge in [-0.1, -0.05) is 45.2 Å². The van der Waals surface area contributed by atoms with Crippen molar-refractivity contribution in [3.63, 3.8) is 0 Å². The molecule has 1 heteroatoms. The zero-order chi connectivity index (χ0) is 10.4. The molecule has 1 aromatic rings. The monoisotopic (exact) mass is 192 g/mol. The van der Waals surface area contributed by atoms with E-state index in [2.05, 4.69) is 39.0 Å². The molecular formula is C13H20O. The highest BCUT2D eigenvalue weighted by molar-refractivity contribution is 5.41. The minimum absolute atomic E-state index is 0.801. The Bertz CT molecular complexity index is 277. The predicted octanol–water partition coefficient (Wildman–Crippen LogP) is 4.08. The lowest BCUT2D eigenvalue weighted by atomic mass is 10.1. The fraction of sp³-hybridized carbons (Fsp3) is 0.538. The van der Waals surface area contributed by atoms with E-state index < -0.39 is 0 Å². The molecule has 0 bridgehead atoms. The molecule has 0 N–H and O–H groups in total. The molecule has 1 aliphatic heterocycles. The lowest BCUT2D eigenvalue weighted by Gasteiger charge is -2.19. The van der Waals surface area contributed by atoms with Crippen LogP contribution in [-0.2, 0) is 6.61 Å². The van der Waals surface area contributed by atoms with Crippen LogP contribution in [0.5, 0.6) is 5.75 Å². The van der Waals surface area contributed by atoms with Crippen molar-refractivity contribution in [2.24, 2.45) is 0 Å². The molecule has 0 unspecified atom stereocenters. The van der Waals surface area contributed by atoms with Crippen LogP contribution in [0.2, 0.25) is 0 Å². The van der Waals surface area contributed by atoms with E-state index in [0.29, 0.717) is 0 Å². The van der Waals surface area contributed by atoms with Crippen molar-refractivity contribution in [3.05, 3.63) is 29.3 Å². The minimum Gasteiger partial charge on any atom is -0.488 e. The third-order valence-corrected chi connectivity index (χ3v) is 2.31. The maximum absolute atomic E-state index is 5.16. The van der Waals surface area contributed by atoms with Crippen molar-refractivity contribution in [3.8, 4) is 5.75 Å². The SMILES string of the molecule is CCCCC.Cc1ccc2c(c1)OC2. The van der Waals surface area contributed by atoms with Crippen molar-refractivity contribution in [2.75, 3.05) is 0 Å². The van der Waals surface area contributed by atoms with E-state index in [1.165, 1.54) is 30.4 Å². The van der Waals surface area contributed by atoms with Gasteiger partial charge in [0.15, 0.2) is 0 Å². The maximum atomic E-state index is 5.16. The fourth-order valence-electron chi connectivity index (χ4n) is 1.34. The van der Waals surface area contributed by atoms with Gasteiger partial charge in [0.2, 0.25) is 0 Å². The highest BCUT2D eigenvalue weighted by atomic mass is 16.5. The van der Waals surface area contributed by atoms with Crippen LogP contribution in [0, 0.1) is 6.92 Å². The number of fused-ring (bicyclic) bond motifs is 1. The normalized spacial score (nSPS) is 11.6. The number of hydrogen-bond donors (Lipinski definition) is 0. The first kappa shape index (κ1) is 11.1. The average Bonchev–Trinajstić information content (AvgIpc) is 2.13. The van der Waals surface area contributed by atoms with Crippen molar-refractivity contribution >= 4 is 0 Å². The summed E-state index contributed by atoms with van der Waals surface area (Å²) in [5.74, 6) is 1.06. The second kappa shape index (κ2) is 5.69. The van der Waals surface area contributed by atoms with Gasteiger partial charge in [0, 0.05) is 5.56 Å². The van der Waals surface area contributed by atoms with Gasteiger partial charge in [-0.15, -0.1) is 0 Å². The van der Waals surface area contributed by atoms with Crippen molar-refractivity contribution in [1.82, 2.24) is 0 Å². The highest BCUT2D eigenvalue weighted by Gasteiger charge is 2.12. The molecule has 0 amide bonds. The molecule has 0 radical (unpaired) electrons. The first-order chi connectivity index (χ1) is 6.77. The van der Waals surface area contributed by atoms with Gasteiger partial charge in [0.25, 0.3) is 0 Å². The van der Waals surface area contributed by atoms with E-state index in [1.807, 2.05) is 0 Å². The van der Waals surface area contributed by atoms with Gasteiger partial charge in [0.1, 0.15) is 12.4 Å². The summed E-state index contributed by atoms with van der Waals surface area (Å²) in [7, 11) is 0. The summed E-state index contributed by atoms with van der Waals surface area (Å²) < 4.78 is 5.16. The Balaban J connectivity index is 0.000000171. The zero-order valence-corrected chi connectivity index (χ0v) is 9.47. The highest BCUT2D eigenvalue weighted by Crippen LogP contribution is 2.28. The second-order valence-corrected chi connectivity index (χ2v) is 3.75. The van der Waals surface area contributed by atoms with E-state index in [9.17, 15) is 0 Å². The number of hydrogen-bond acceptors (Lipinski definition) is 1. The van der Waals surface area contributed by atoms with Crippen LogP contribution >= 0.6 is 0 Å². The maximum Gasteiger partial charge on any atom is 0.126 e. The minimum atomic E-state index is 0.801. The van der Waals surface area contributed by atoms with Gasteiger partial charge in [-0.2, -0.15) is 0 Å². The summed E-state index contributed by atoms with van der Waals surface area (Å²) >= 11 is 0. The number of unbranched alkanes of at least 4 members (excludes halogenated alkanes) is 2. The molecule has 2 rings (SSSR count). The molecule has 0 saturated carbocycles.